The Morgan fingerprint density at radius 3 is 2.76 bits per heavy atom. The van der Waals surface area contributed by atoms with Gasteiger partial charge in [-0.05, 0) is 42.8 Å². The highest BCUT2D eigenvalue weighted by molar-refractivity contribution is 9.10. The predicted octanol–water partition coefficient (Wildman–Crippen LogP) is 4.46. The highest BCUT2D eigenvalue weighted by Crippen LogP contribution is 2.22. The molecule has 21 heavy (non-hydrogen) atoms. The van der Waals surface area contributed by atoms with Gasteiger partial charge < -0.3 is 9.73 Å². The minimum absolute atomic E-state index is 0.173. The lowest BCUT2D eigenvalue weighted by Gasteiger charge is -2.07. The number of hydrogen-bond donors (Lipinski definition) is 1. The number of rotatable bonds is 2. The summed E-state index contributed by atoms with van der Waals surface area (Å²) in [5.41, 5.74) is 3.78. The highest BCUT2D eigenvalue weighted by atomic mass is 79.9. The number of nitrogens with zero attached hydrogens (tertiary/aromatic N) is 1. The molecule has 106 valence electrons. The average Bonchev–Trinajstić information content (AvgIpc) is 2.82. The maximum atomic E-state index is 12.3. The molecule has 0 bridgehead atoms. The third kappa shape index (κ3) is 2.83. The van der Waals surface area contributed by atoms with Crippen LogP contribution in [-0.2, 0) is 0 Å². The largest absolute Gasteiger partial charge is 0.441 e. The standard InChI is InChI=1S/C16H13BrN2O2/c1-9-3-5-12(8-13(9)17)19-16(20)11-4-6-15-14(7-11)18-10(2)21-15/h3-8H,1-2H3,(H,19,20). The van der Waals surface area contributed by atoms with E-state index in [-0.39, 0.29) is 5.91 Å². The lowest BCUT2D eigenvalue weighted by Crippen LogP contribution is -2.11. The summed E-state index contributed by atoms with van der Waals surface area (Å²) in [6, 6.07) is 10.9. The van der Waals surface area contributed by atoms with E-state index in [4.69, 9.17) is 4.42 Å². The van der Waals surface area contributed by atoms with Gasteiger partial charge in [0.25, 0.3) is 5.91 Å². The summed E-state index contributed by atoms with van der Waals surface area (Å²) in [5.74, 6) is 0.415. The van der Waals surface area contributed by atoms with Crippen molar-refractivity contribution in [3.05, 3.63) is 57.9 Å². The number of amides is 1. The molecule has 1 aromatic heterocycles. The van der Waals surface area contributed by atoms with Crippen molar-refractivity contribution in [3.8, 4) is 0 Å². The van der Waals surface area contributed by atoms with Gasteiger partial charge >= 0.3 is 0 Å². The van der Waals surface area contributed by atoms with Crippen LogP contribution >= 0.6 is 15.9 Å². The molecule has 1 N–H and O–H groups in total. The number of aryl methyl sites for hydroxylation is 2. The Hall–Kier alpha value is -2.14. The third-order valence-electron chi connectivity index (χ3n) is 3.19. The Balaban J connectivity index is 1.87. The normalized spacial score (nSPS) is 10.8. The van der Waals surface area contributed by atoms with Crippen molar-refractivity contribution in [2.24, 2.45) is 0 Å². The Kier molecular flexibility index (Phi) is 3.51. The summed E-state index contributed by atoms with van der Waals surface area (Å²) in [5, 5.41) is 2.87. The van der Waals surface area contributed by atoms with Crippen molar-refractivity contribution >= 4 is 38.6 Å². The molecule has 0 saturated heterocycles. The van der Waals surface area contributed by atoms with Crippen LogP contribution in [0.4, 0.5) is 5.69 Å². The van der Waals surface area contributed by atoms with Crippen LogP contribution in [0.3, 0.4) is 0 Å². The van der Waals surface area contributed by atoms with Crippen molar-refractivity contribution in [1.82, 2.24) is 4.98 Å². The number of anilines is 1. The van der Waals surface area contributed by atoms with E-state index in [2.05, 4.69) is 26.2 Å². The third-order valence-corrected chi connectivity index (χ3v) is 4.04. The number of oxazole rings is 1. The molecule has 0 aliphatic carbocycles. The second-order valence-corrected chi connectivity index (χ2v) is 5.69. The molecule has 2 aromatic carbocycles. The first-order valence-corrected chi connectivity index (χ1v) is 7.27. The number of fused-ring (bicyclic) bond motifs is 1. The van der Waals surface area contributed by atoms with Gasteiger partial charge in [0.2, 0.25) is 0 Å². The quantitative estimate of drug-likeness (QED) is 0.746. The summed E-state index contributed by atoms with van der Waals surface area (Å²) >= 11 is 3.45. The molecular weight excluding hydrogens is 332 g/mol. The fourth-order valence-corrected chi connectivity index (χ4v) is 2.44. The van der Waals surface area contributed by atoms with E-state index in [0.717, 1.165) is 15.7 Å². The van der Waals surface area contributed by atoms with Gasteiger partial charge in [0, 0.05) is 22.6 Å². The molecule has 0 fully saturated rings. The number of halogens is 1. The molecule has 0 atom stereocenters. The molecule has 0 unspecified atom stereocenters. The second kappa shape index (κ2) is 5.33. The minimum atomic E-state index is -0.173. The first-order valence-electron chi connectivity index (χ1n) is 6.47. The van der Waals surface area contributed by atoms with Crippen molar-refractivity contribution in [3.63, 3.8) is 0 Å². The van der Waals surface area contributed by atoms with Crippen LogP contribution in [0.25, 0.3) is 11.1 Å². The zero-order chi connectivity index (χ0) is 15.0. The molecule has 0 aliphatic rings. The average molecular weight is 345 g/mol. The predicted molar refractivity (Wildman–Crippen MR) is 85.6 cm³/mol. The number of carbonyl (C=O) groups excluding carboxylic acids is 1. The van der Waals surface area contributed by atoms with Gasteiger partial charge in [0.05, 0.1) is 0 Å². The van der Waals surface area contributed by atoms with Crippen molar-refractivity contribution in [1.29, 1.82) is 0 Å². The van der Waals surface area contributed by atoms with Gasteiger partial charge in [-0.1, -0.05) is 22.0 Å². The molecule has 0 saturated carbocycles. The van der Waals surface area contributed by atoms with Gasteiger partial charge in [-0.15, -0.1) is 0 Å². The van der Waals surface area contributed by atoms with Crippen molar-refractivity contribution < 1.29 is 9.21 Å². The summed E-state index contributed by atoms with van der Waals surface area (Å²) < 4.78 is 6.36. The molecule has 4 nitrogen and oxygen atoms in total. The molecule has 1 amide bonds. The topological polar surface area (TPSA) is 55.1 Å². The van der Waals surface area contributed by atoms with Gasteiger partial charge in [0.1, 0.15) is 5.52 Å². The number of aromatic nitrogens is 1. The first-order chi connectivity index (χ1) is 10.0. The second-order valence-electron chi connectivity index (χ2n) is 4.83. The van der Waals surface area contributed by atoms with Crippen LogP contribution in [0.2, 0.25) is 0 Å². The van der Waals surface area contributed by atoms with Gasteiger partial charge in [-0.3, -0.25) is 4.79 Å². The van der Waals surface area contributed by atoms with Crippen LogP contribution in [0.5, 0.6) is 0 Å². The molecule has 1 heterocycles. The number of carbonyl (C=O) groups is 1. The van der Waals surface area contributed by atoms with Crippen molar-refractivity contribution in [2.45, 2.75) is 13.8 Å². The number of benzene rings is 2. The van der Waals surface area contributed by atoms with Gasteiger partial charge in [-0.25, -0.2) is 4.98 Å². The van der Waals surface area contributed by atoms with Gasteiger partial charge in [-0.2, -0.15) is 0 Å². The number of hydrogen-bond acceptors (Lipinski definition) is 3. The molecule has 5 heteroatoms. The fraction of sp³-hybridized carbons (Fsp3) is 0.125. The van der Waals surface area contributed by atoms with E-state index >= 15 is 0 Å². The smallest absolute Gasteiger partial charge is 0.255 e. The van der Waals surface area contributed by atoms with Crippen LogP contribution in [-0.4, -0.2) is 10.9 Å². The van der Waals surface area contributed by atoms with E-state index in [1.165, 1.54) is 0 Å². The van der Waals surface area contributed by atoms with Crippen molar-refractivity contribution in [2.75, 3.05) is 5.32 Å². The molecule has 0 spiro atoms. The Morgan fingerprint density at radius 1 is 1.19 bits per heavy atom. The molecular formula is C16H13BrN2O2. The lowest BCUT2D eigenvalue weighted by molar-refractivity contribution is 0.102. The van der Waals surface area contributed by atoms with E-state index < -0.39 is 0 Å². The van der Waals surface area contributed by atoms with Crippen LogP contribution < -0.4 is 5.32 Å². The van der Waals surface area contributed by atoms with E-state index in [0.29, 0.717) is 22.6 Å². The van der Waals surface area contributed by atoms with Crippen LogP contribution in [0.1, 0.15) is 21.8 Å². The van der Waals surface area contributed by atoms with Crippen LogP contribution in [0.15, 0.2) is 45.3 Å². The summed E-state index contributed by atoms with van der Waals surface area (Å²) in [6.45, 7) is 3.78. The maximum absolute atomic E-state index is 12.3. The monoisotopic (exact) mass is 344 g/mol. The zero-order valence-electron chi connectivity index (χ0n) is 11.6. The van der Waals surface area contributed by atoms with Gasteiger partial charge in [0.15, 0.2) is 11.5 Å². The molecule has 0 aliphatic heterocycles. The van der Waals surface area contributed by atoms with E-state index in [1.807, 2.05) is 25.1 Å². The molecule has 0 radical (unpaired) electrons. The first kappa shape index (κ1) is 13.8. The fourth-order valence-electron chi connectivity index (χ4n) is 2.06. The summed E-state index contributed by atoms with van der Waals surface area (Å²) in [4.78, 5) is 16.5. The SMILES string of the molecule is Cc1nc2cc(C(=O)Nc3ccc(C)c(Br)c3)ccc2o1. The Morgan fingerprint density at radius 2 is 2.00 bits per heavy atom. The Labute approximate surface area is 130 Å². The highest BCUT2D eigenvalue weighted by Gasteiger charge is 2.10. The maximum Gasteiger partial charge on any atom is 0.255 e. The van der Waals surface area contributed by atoms with E-state index in [1.54, 1.807) is 25.1 Å². The Bertz CT molecular complexity index is 839. The zero-order valence-corrected chi connectivity index (χ0v) is 13.2. The lowest BCUT2D eigenvalue weighted by atomic mass is 10.2. The summed E-state index contributed by atoms with van der Waals surface area (Å²) in [6.07, 6.45) is 0. The van der Waals surface area contributed by atoms with Crippen LogP contribution in [0, 0.1) is 13.8 Å². The van der Waals surface area contributed by atoms with E-state index in [9.17, 15) is 4.79 Å². The molecule has 3 rings (SSSR count). The summed E-state index contributed by atoms with van der Waals surface area (Å²) in [7, 11) is 0. The minimum Gasteiger partial charge on any atom is -0.441 e. The molecule has 3 aromatic rings. The number of nitrogens with one attached hydrogen (secondary N) is 1.